The first-order chi connectivity index (χ1) is 6.99. The van der Waals surface area contributed by atoms with Crippen molar-refractivity contribution in [1.82, 2.24) is 4.98 Å². The largest absolute Gasteiger partial charge is 0.492 e. The maximum absolute atomic E-state index is 5.53. The van der Waals surface area contributed by atoms with Crippen LogP contribution in [0.25, 0.3) is 0 Å². The van der Waals surface area contributed by atoms with Crippen LogP contribution in [0.5, 0.6) is 5.75 Å². The first-order valence-electron chi connectivity index (χ1n) is 5.62. The van der Waals surface area contributed by atoms with Crippen molar-refractivity contribution in [2.75, 3.05) is 6.61 Å². The highest BCUT2D eigenvalue weighted by Crippen LogP contribution is 2.25. The lowest BCUT2D eigenvalue weighted by Crippen LogP contribution is -2.14. The van der Waals surface area contributed by atoms with Gasteiger partial charge in [-0.3, -0.25) is 4.98 Å². The van der Waals surface area contributed by atoms with E-state index in [1.54, 1.807) is 0 Å². The predicted molar refractivity (Wildman–Crippen MR) is 63.5 cm³/mol. The van der Waals surface area contributed by atoms with E-state index in [2.05, 4.69) is 38.7 Å². The van der Waals surface area contributed by atoms with Gasteiger partial charge in [-0.15, -0.1) is 0 Å². The summed E-state index contributed by atoms with van der Waals surface area (Å²) in [5, 5.41) is 0. The Labute approximate surface area is 92.7 Å². The number of pyridine rings is 1. The fourth-order valence-electron chi connectivity index (χ4n) is 1.45. The summed E-state index contributed by atoms with van der Waals surface area (Å²) in [5.74, 6) is 0.924. The van der Waals surface area contributed by atoms with Gasteiger partial charge >= 0.3 is 0 Å². The van der Waals surface area contributed by atoms with Crippen LogP contribution >= 0.6 is 0 Å². The van der Waals surface area contributed by atoms with Gasteiger partial charge in [0.2, 0.25) is 0 Å². The van der Waals surface area contributed by atoms with Gasteiger partial charge in [0.25, 0.3) is 0 Å². The maximum atomic E-state index is 5.53. The molecule has 0 amide bonds. The van der Waals surface area contributed by atoms with Crippen molar-refractivity contribution in [3.63, 3.8) is 0 Å². The van der Waals surface area contributed by atoms with Crippen molar-refractivity contribution in [2.24, 2.45) is 0 Å². The zero-order valence-corrected chi connectivity index (χ0v) is 10.4. The molecular weight excluding hydrogens is 186 g/mol. The van der Waals surface area contributed by atoms with Gasteiger partial charge in [0, 0.05) is 11.1 Å². The molecule has 84 valence electrons. The third-order valence-corrected chi connectivity index (χ3v) is 2.34. The van der Waals surface area contributed by atoms with E-state index in [4.69, 9.17) is 4.74 Å². The molecule has 2 nitrogen and oxygen atoms in total. The van der Waals surface area contributed by atoms with E-state index in [9.17, 15) is 0 Å². The lowest BCUT2D eigenvalue weighted by atomic mass is 9.91. The average Bonchev–Trinajstić information content (AvgIpc) is 2.17. The van der Waals surface area contributed by atoms with E-state index in [0.717, 1.165) is 23.6 Å². The molecular formula is C13H21NO. The highest BCUT2D eigenvalue weighted by atomic mass is 16.5. The Morgan fingerprint density at radius 3 is 2.33 bits per heavy atom. The van der Waals surface area contributed by atoms with Gasteiger partial charge in [-0.05, 0) is 25.5 Å². The molecule has 0 aliphatic heterocycles. The van der Waals surface area contributed by atoms with Crippen LogP contribution in [-0.4, -0.2) is 11.6 Å². The van der Waals surface area contributed by atoms with E-state index in [-0.39, 0.29) is 5.41 Å². The normalized spacial score (nSPS) is 11.5. The SMILES string of the molecule is CCOc1ccc(C(C)(C)C)nc1CC. The zero-order chi connectivity index (χ0) is 11.5. The topological polar surface area (TPSA) is 22.1 Å². The summed E-state index contributed by atoms with van der Waals surface area (Å²) in [6.45, 7) is 11.3. The molecule has 1 rings (SSSR count). The molecule has 0 spiro atoms. The average molecular weight is 207 g/mol. The molecule has 15 heavy (non-hydrogen) atoms. The fraction of sp³-hybridized carbons (Fsp3) is 0.615. The summed E-state index contributed by atoms with van der Waals surface area (Å²) in [6, 6.07) is 4.10. The van der Waals surface area contributed by atoms with Gasteiger partial charge < -0.3 is 4.74 Å². The highest BCUT2D eigenvalue weighted by Gasteiger charge is 2.17. The molecule has 0 unspecified atom stereocenters. The highest BCUT2D eigenvalue weighted by molar-refractivity contribution is 5.31. The predicted octanol–water partition coefficient (Wildman–Crippen LogP) is 3.34. The number of hydrogen-bond donors (Lipinski definition) is 0. The third kappa shape index (κ3) is 2.95. The minimum absolute atomic E-state index is 0.106. The zero-order valence-electron chi connectivity index (χ0n) is 10.4. The Hall–Kier alpha value is -1.05. The molecule has 0 bridgehead atoms. The molecule has 0 N–H and O–H groups in total. The number of rotatable bonds is 3. The molecule has 0 radical (unpaired) electrons. The van der Waals surface area contributed by atoms with Gasteiger partial charge in [0.1, 0.15) is 5.75 Å². The second-order valence-electron chi connectivity index (χ2n) is 4.68. The Balaban J connectivity index is 3.08. The summed E-state index contributed by atoms with van der Waals surface area (Å²) in [6.07, 6.45) is 0.916. The molecule has 0 aromatic carbocycles. The fourth-order valence-corrected chi connectivity index (χ4v) is 1.45. The minimum atomic E-state index is 0.106. The van der Waals surface area contributed by atoms with Crippen molar-refractivity contribution >= 4 is 0 Å². The molecule has 1 heterocycles. The molecule has 0 atom stereocenters. The van der Waals surface area contributed by atoms with Crippen LogP contribution in [0, 0.1) is 0 Å². The summed E-state index contributed by atoms with van der Waals surface area (Å²) in [5.41, 5.74) is 2.29. The van der Waals surface area contributed by atoms with Crippen LogP contribution < -0.4 is 4.74 Å². The first kappa shape index (κ1) is 12.0. The summed E-state index contributed by atoms with van der Waals surface area (Å²) >= 11 is 0. The van der Waals surface area contributed by atoms with Crippen LogP contribution in [0.1, 0.15) is 46.0 Å². The van der Waals surface area contributed by atoms with E-state index in [0.29, 0.717) is 6.61 Å². The number of ether oxygens (including phenoxy) is 1. The third-order valence-electron chi connectivity index (χ3n) is 2.34. The van der Waals surface area contributed by atoms with Crippen LogP contribution in [0.2, 0.25) is 0 Å². The van der Waals surface area contributed by atoms with Crippen LogP contribution in [0.4, 0.5) is 0 Å². The van der Waals surface area contributed by atoms with Gasteiger partial charge in [-0.25, -0.2) is 0 Å². The van der Waals surface area contributed by atoms with Gasteiger partial charge in [0.15, 0.2) is 0 Å². The minimum Gasteiger partial charge on any atom is -0.492 e. The van der Waals surface area contributed by atoms with Crippen molar-refractivity contribution in [3.8, 4) is 5.75 Å². The molecule has 0 saturated carbocycles. The van der Waals surface area contributed by atoms with E-state index in [1.807, 2.05) is 13.0 Å². The summed E-state index contributed by atoms with van der Waals surface area (Å²) < 4.78 is 5.53. The molecule has 0 aliphatic carbocycles. The monoisotopic (exact) mass is 207 g/mol. The van der Waals surface area contributed by atoms with Crippen LogP contribution in [-0.2, 0) is 11.8 Å². The smallest absolute Gasteiger partial charge is 0.140 e. The van der Waals surface area contributed by atoms with Gasteiger partial charge in [-0.2, -0.15) is 0 Å². The van der Waals surface area contributed by atoms with E-state index >= 15 is 0 Å². The van der Waals surface area contributed by atoms with E-state index < -0.39 is 0 Å². The molecule has 0 fully saturated rings. The summed E-state index contributed by atoms with van der Waals surface area (Å²) in [4.78, 5) is 4.66. The molecule has 1 aromatic rings. The number of aryl methyl sites for hydroxylation is 1. The van der Waals surface area contributed by atoms with Crippen molar-refractivity contribution in [2.45, 2.75) is 46.5 Å². The maximum Gasteiger partial charge on any atom is 0.140 e. The Morgan fingerprint density at radius 2 is 1.87 bits per heavy atom. The lowest BCUT2D eigenvalue weighted by molar-refractivity contribution is 0.334. The van der Waals surface area contributed by atoms with Crippen molar-refractivity contribution < 1.29 is 4.74 Å². The second kappa shape index (κ2) is 4.65. The first-order valence-corrected chi connectivity index (χ1v) is 5.62. The number of hydrogen-bond acceptors (Lipinski definition) is 2. The van der Waals surface area contributed by atoms with Crippen molar-refractivity contribution in [3.05, 3.63) is 23.5 Å². The molecule has 2 heteroatoms. The van der Waals surface area contributed by atoms with Crippen LogP contribution in [0.15, 0.2) is 12.1 Å². The Kier molecular flexibility index (Phi) is 3.72. The molecule has 0 aliphatic rings. The van der Waals surface area contributed by atoms with Crippen LogP contribution in [0.3, 0.4) is 0 Å². The Morgan fingerprint density at radius 1 is 1.20 bits per heavy atom. The standard InChI is InChI=1S/C13H21NO/c1-6-10-11(15-7-2)8-9-12(14-10)13(3,4)5/h8-9H,6-7H2,1-5H3. The Bertz CT molecular complexity index is 326. The number of nitrogens with zero attached hydrogens (tertiary/aromatic N) is 1. The van der Waals surface area contributed by atoms with Crippen molar-refractivity contribution in [1.29, 1.82) is 0 Å². The second-order valence-corrected chi connectivity index (χ2v) is 4.68. The molecule has 1 aromatic heterocycles. The lowest BCUT2D eigenvalue weighted by Gasteiger charge is -2.19. The van der Waals surface area contributed by atoms with E-state index in [1.165, 1.54) is 0 Å². The quantitative estimate of drug-likeness (QED) is 0.758. The number of aromatic nitrogens is 1. The molecule has 0 saturated heterocycles. The van der Waals surface area contributed by atoms with Gasteiger partial charge in [0.05, 0.1) is 12.3 Å². The van der Waals surface area contributed by atoms with Gasteiger partial charge in [-0.1, -0.05) is 27.7 Å². The summed E-state index contributed by atoms with van der Waals surface area (Å²) in [7, 11) is 0.